The Morgan fingerprint density at radius 2 is 2.00 bits per heavy atom. The van der Waals surface area contributed by atoms with E-state index in [1.54, 1.807) is 22.5 Å². The summed E-state index contributed by atoms with van der Waals surface area (Å²) in [5.41, 5.74) is 6.26. The molecule has 0 unspecified atom stereocenters. The number of sulfonamides is 1. The van der Waals surface area contributed by atoms with Crippen LogP contribution < -0.4 is 5.73 Å². The highest BCUT2D eigenvalue weighted by Gasteiger charge is 2.32. The number of hydrogen-bond acceptors (Lipinski definition) is 3. The molecule has 0 amide bonds. The van der Waals surface area contributed by atoms with Crippen LogP contribution in [0, 0.1) is 0 Å². The van der Waals surface area contributed by atoms with Gasteiger partial charge >= 0.3 is 0 Å². The van der Waals surface area contributed by atoms with E-state index in [4.69, 9.17) is 17.3 Å². The fourth-order valence-electron chi connectivity index (χ4n) is 2.82. The Labute approximate surface area is 126 Å². The van der Waals surface area contributed by atoms with Crippen LogP contribution in [0.15, 0.2) is 23.1 Å². The fourth-order valence-corrected chi connectivity index (χ4v) is 4.76. The summed E-state index contributed by atoms with van der Waals surface area (Å²) in [6.07, 6.45) is 4.10. The van der Waals surface area contributed by atoms with E-state index in [-0.39, 0.29) is 17.5 Å². The zero-order chi connectivity index (χ0) is 14.8. The number of nitrogens with zero attached hydrogens (tertiary/aromatic N) is 1. The van der Waals surface area contributed by atoms with E-state index in [2.05, 4.69) is 0 Å². The molecule has 1 aromatic carbocycles. The van der Waals surface area contributed by atoms with Gasteiger partial charge in [-0.15, -0.1) is 0 Å². The molecule has 0 heterocycles. The Balaban J connectivity index is 2.37. The fraction of sp³-hybridized carbons (Fsp3) is 0.571. The summed E-state index contributed by atoms with van der Waals surface area (Å²) in [6, 6.07) is 4.89. The first-order chi connectivity index (χ1) is 9.50. The van der Waals surface area contributed by atoms with E-state index in [0.717, 1.165) is 25.7 Å². The molecule has 1 saturated carbocycles. The van der Waals surface area contributed by atoms with Crippen LogP contribution in [0.3, 0.4) is 0 Å². The Bertz CT molecular complexity index is 569. The molecular formula is C14H21ClN2O2S. The third kappa shape index (κ3) is 3.01. The SMILES string of the molecule is CCN(C1CCCC1)S(=O)(=O)c1ccc(Cl)c(CN)c1. The molecule has 2 N–H and O–H groups in total. The Hall–Kier alpha value is -0.620. The Morgan fingerprint density at radius 3 is 2.55 bits per heavy atom. The lowest BCUT2D eigenvalue weighted by molar-refractivity contribution is 0.335. The second-order valence-electron chi connectivity index (χ2n) is 5.10. The van der Waals surface area contributed by atoms with E-state index in [1.807, 2.05) is 6.92 Å². The molecule has 0 spiro atoms. The van der Waals surface area contributed by atoms with Crippen molar-refractivity contribution in [1.29, 1.82) is 0 Å². The standard InChI is InChI=1S/C14H21ClN2O2S/c1-2-17(12-5-3-4-6-12)20(18,19)13-7-8-14(15)11(9-13)10-16/h7-9,12H,2-6,10,16H2,1H3. The lowest BCUT2D eigenvalue weighted by atomic mass is 10.2. The second kappa shape index (κ2) is 6.43. The normalized spacial score (nSPS) is 17.0. The third-order valence-corrected chi connectivity index (χ3v) is 6.28. The Kier molecular flexibility index (Phi) is 5.07. The van der Waals surface area contributed by atoms with E-state index >= 15 is 0 Å². The van der Waals surface area contributed by atoms with Gasteiger partial charge in [0.25, 0.3) is 0 Å². The highest BCUT2D eigenvalue weighted by molar-refractivity contribution is 7.89. The highest BCUT2D eigenvalue weighted by atomic mass is 35.5. The van der Waals surface area contributed by atoms with E-state index in [1.165, 1.54) is 0 Å². The average Bonchev–Trinajstić information content (AvgIpc) is 2.93. The molecule has 4 nitrogen and oxygen atoms in total. The predicted octanol–water partition coefficient (Wildman–Crippen LogP) is 2.75. The molecule has 112 valence electrons. The smallest absolute Gasteiger partial charge is 0.243 e. The first-order valence-electron chi connectivity index (χ1n) is 7.01. The van der Waals surface area contributed by atoms with Gasteiger partial charge in [0.1, 0.15) is 0 Å². The monoisotopic (exact) mass is 316 g/mol. The summed E-state index contributed by atoms with van der Waals surface area (Å²) >= 11 is 6.00. The minimum Gasteiger partial charge on any atom is -0.326 e. The summed E-state index contributed by atoms with van der Waals surface area (Å²) in [7, 11) is -3.46. The summed E-state index contributed by atoms with van der Waals surface area (Å²) in [5.74, 6) is 0. The van der Waals surface area contributed by atoms with Crippen LogP contribution in [-0.4, -0.2) is 25.3 Å². The van der Waals surface area contributed by atoms with Gasteiger partial charge in [-0.1, -0.05) is 31.4 Å². The maximum Gasteiger partial charge on any atom is 0.243 e. The predicted molar refractivity (Wildman–Crippen MR) is 81.2 cm³/mol. The first kappa shape index (κ1) is 15.8. The van der Waals surface area contributed by atoms with Crippen molar-refractivity contribution in [1.82, 2.24) is 4.31 Å². The van der Waals surface area contributed by atoms with Crippen molar-refractivity contribution in [2.24, 2.45) is 5.73 Å². The van der Waals surface area contributed by atoms with Crippen LogP contribution in [0.5, 0.6) is 0 Å². The maximum atomic E-state index is 12.8. The van der Waals surface area contributed by atoms with Gasteiger partial charge in [-0.05, 0) is 36.6 Å². The summed E-state index contributed by atoms with van der Waals surface area (Å²) < 4.78 is 27.2. The van der Waals surface area contributed by atoms with Crippen LogP contribution in [0.2, 0.25) is 5.02 Å². The van der Waals surface area contributed by atoms with E-state index in [9.17, 15) is 8.42 Å². The van der Waals surface area contributed by atoms with Crippen LogP contribution in [-0.2, 0) is 16.6 Å². The molecule has 1 fully saturated rings. The van der Waals surface area contributed by atoms with Gasteiger partial charge in [-0.25, -0.2) is 8.42 Å². The minimum absolute atomic E-state index is 0.127. The van der Waals surface area contributed by atoms with Crippen molar-refractivity contribution in [2.45, 2.75) is 50.1 Å². The van der Waals surface area contributed by atoms with Crippen LogP contribution >= 0.6 is 11.6 Å². The van der Waals surface area contributed by atoms with Gasteiger partial charge in [-0.3, -0.25) is 0 Å². The van der Waals surface area contributed by atoms with Crippen LogP contribution in [0.4, 0.5) is 0 Å². The minimum atomic E-state index is -3.46. The highest BCUT2D eigenvalue weighted by Crippen LogP contribution is 2.29. The molecule has 2 rings (SSSR count). The summed E-state index contributed by atoms with van der Waals surface area (Å²) in [6.45, 7) is 2.61. The molecule has 0 aromatic heterocycles. The molecule has 0 saturated heterocycles. The van der Waals surface area contributed by atoms with Gasteiger partial charge in [0.2, 0.25) is 10.0 Å². The molecule has 6 heteroatoms. The van der Waals surface area contributed by atoms with Crippen molar-refractivity contribution < 1.29 is 8.42 Å². The average molecular weight is 317 g/mol. The third-order valence-electron chi connectivity index (χ3n) is 3.89. The van der Waals surface area contributed by atoms with Crippen molar-refractivity contribution in [2.75, 3.05) is 6.54 Å². The molecule has 20 heavy (non-hydrogen) atoms. The van der Waals surface area contributed by atoms with Gasteiger partial charge < -0.3 is 5.73 Å². The molecule has 1 aliphatic carbocycles. The molecule has 1 aliphatic rings. The number of halogens is 1. The first-order valence-corrected chi connectivity index (χ1v) is 8.82. The molecule has 0 atom stereocenters. The van der Waals surface area contributed by atoms with Gasteiger partial charge in [-0.2, -0.15) is 4.31 Å². The van der Waals surface area contributed by atoms with Crippen LogP contribution in [0.25, 0.3) is 0 Å². The Morgan fingerprint density at radius 1 is 1.35 bits per heavy atom. The number of nitrogens with two attached hydrogens (primary N) is 1. The summed E-state index contributed by atoms with van der Waals surface area (Å²) in [4.78, 5) is 0.288. The molecule has 0 bridgehead atoms. The van der Waals surface area contributed by atoms with Crippen LogP contribution in [0.1, 0.15) is 38.2 Å². The van der Waals surface area contributed by atoms with Gasteiger partial charge in [0.05, 0.1) is 4.90 Å². The van der Waals surface area contributed by atoms with Crippen molar-refractivity contribution in [3.63, 3.8) is 0 Å². The van der Waals surface area contributed by atoms with E-state index < -0.39 is 10.0 Å². The quantitative estimate of drug-likeness (QED) is 0.908. The van der Waals surface area contributed by atoms with Crippen molar-refractivity contribution >= 4 is 21.6 Å². The topological polar surface area (TPSA) is 63.4 Å². The van der Waals surface area contributed by atoms with E-state index in [0.29, 0.717) is 17.1 Å². The molecule has 0 radical (unpaired) electrons. The van der Waals surface area contributed by atoms with Crippen molar-refractivity contribution in [3.05, 3.63) is 28.8 Å². The molecule has 0 aliphatic heterocycles. The lowest BCUT2D eigenvalue weighted by Crippen LogP contribution is -2.38. The molecular weight excluding hydrogens is 296 g/mol. The number of benzene rings is 1. The zero-order valence-electron chi connectivity index (χ0n) is 11.7. The van der Waals surface area contributed by atoms with Crippen molar-refractivity contribution in [3.8, 4) is 0 Å². The number of rotatable bonds is 5. The maximum absolute atomic E-state index is 12.8. The summed E-state index contributed by atoms with van der Waals surface area (Å²) in [5, 5.41) is 0.510. The zero-order valence-corrected chi connectivity index (χ0v) is 13.3. The largest absolute Gasteiger partial charge is 0.326 e. The molecule has 1 aromatic rings. The second-order valence-corrected chi connectivity index (χ2v) is 7.40. The lowest BCUT2D eigenvalue weighted by Gasteiger charge is -2.27. The van der Waals surface area contributed by atoms with Gasteiger partial charge in [0.15, 0.2) is 0 Å². The number of hydrogen-bond donors (Lipinski definition) is 1. The van der Waals surface area contributed by atoms with Gasteiger partial charge in [0, 0.05) is 24.2 Å².